The molecule has 0 radical (unpaired) electrons. The molecule has 2 amide bonds. The second-order valence-electron chi connectivity index (χ2n) is 7.12. The van der Waals surface area contributed by atoms with E-state index in [1.165, 1.54) is 17.0 Å². The van der Waals surface area contributed by atoms with Gasteiger partial charge in [0.2, 0.25) is 0 Å². The van der Waals surface area contributed by atoms with Crippen LogP contribution in [0.15, 0.2) is 77.7 Å². The van der Waals surface area contributed by atoms with Gasteiger partial charge < -0.3 is 9.47 Å². The molecule has 4 rings (SSSR count). The standard InChI is InChI=1S/C25H19ClFNO4S/c26-19-6-10-21(11-7-19)31-13-12-28-24(29)23(33-25(28)30)15-18-2-1-3-22(14-18)32-16-17-4-8-20(27)9-5-17/h1-11,14-15H,12-13,16H2/b23-15-. The number of imide groups is 1. The molecule has 33 heavy (non-hydrogen) atoms. The molecular weight excluding hydrogens is 465 g/mol. The highest BCUT2D eigenvalue weighted by Gasteiger charge is 2.34. The molecule has 1 aliphatic heterocycles. The summed E-state index contributed by atoms with van der Waals surface area (Å²) < 4.78 is 24.4. The zero-order valence-electron chi connectivity index (χ0n) is 17.4. The smallest absolute Gasteiger partial charge is 0.293 e. The maximum Gasteiger partial charge on any atom is 0.293 e. The zero-order chi connectivity index (χ0) is 23.2. The van der Waals surface area contributed by atoms with Crippen molar-refractivity contribution >= 4 is 40.6 Å². The molecule has 0 unspecified atom stereocenters. The third kappa shape index (κ3) is 6.15. The van der Waals surface area contributed by atoms with Crippen LogP contribution in [-0.2, 0) is 11.4 Å². The van der Waals surface area contributed by atoms with Gasteiger partial charge in [0.25, 0.3) is 11.1 Å². The van der Waals surface area contributed by atoms with E-state index in [9.17, 15) is 14.0 Å². The van der Waals surface area contributed by atoms with Crippen molar-refractivity contribution < 1.29 is 23.5 Å². The molecule has 3 aromatic carbocycles. The van der Waals surface area contributed by atoms with Gasteiger partial charge in [0.15, 0.2) is 0 Å². The third-order valence-electron chi connectivity index (χ3n) is 4.75. The highest BCUT2D eigenvalue weighted by Crippen LogP contribution is 2.32. The normalized spacial score (nSPS) is 14.7. The average molecular weight is 484 g/mol. The predicted octanol–water partition coefficient (Wildman–Crippen LogP) is 6.17. The van der Waals surface area contributed by atoms with Crippen LogP contribution < -0.4 is 9.47 Å². The second-order valence-corrected chi connectivity index (χ2v) is 8.55. The van der Waals surface area contributed by atoms with E-state index in [2.05, 4.69) is 0 Å². The topological polar surface area (TPSA) is 55.8 Å². The lowest BCUT2D eigenvalue weighted by molar-refractivity contribution is -0.123. The molecule has 0 aliphatic carbocycles. The Balaban J connectivity index is 1.35. The molecule has 0 atom stereocenters. The van der Waals surface area contributed by atoms with Gasteiger partial charge >= 0.3 is 0 Å². The number of rotatable bonds is 8. The Morgan fingerprint density at radius 2 is 1.70 bits per heavy atom. The van der Waals surface area contributed by atoms with Crippen LogP contribution in [0.25, 0.3) is 6.08 Å². The number of nitrogens with zero attached hydrogens (tertiary/aromatic N) is 1. The molecular formula is C25H19ClFNO4S. The van der Waals surface area contributed by atoms with Crippen LogP contribution in [0.5, 0.6) is 11.5 Å². The van der Waals surface area contributed by atoms with E-state index >= 15 is 0 Å². The van der Waals surface area contributed by atoms with Crippen molar-refractivity contribution in [1.29, 1.82) is 0 Å². The summed E-state index contributed by atoms with van der Waals surface area (Å²) in [6, 6.07) is 20.1. The minimum Gasteiger partial charge on any atom is -0.492 e. The Hall–Kier alpha value is -3.29. The van der Waals surface area contributed by atoms with Gasteiger partial charge in [-0.1, -0.05) is 35.9 Å². The summed E-state index contributed by atoms with van der Waals surface area (Å²) in [6.45, 7) is 0.610. The van der Waals surface area contributed by atoms with Crippen molar-refractivity contribution in [3.63, 3.8) is 0 Å². The first-order chi connectivity index (χ1) is 16.0. The number of halogens is 2. The van der Waals surface area contributed by atoms with Crippen molar-refractivity contribution in [3.05, 3.63) is 99.7 Å². The van der Waals surface area contributed by atoms with Gasteiger partial charge in [-0.15, -0.1) is 0 Å². The summed E-state index contributed by atoms with van der Waals surface area (Å²) in [5.41, 5.74) is 1.57. The number of carbonyl (C=O) groups excluding carboxylic acids is 2. The monoisotopic (exact) mass is 483 g/mol. The molecule has 8 heteroatoms. The van der Waals surface area contributed by atoms with E-state index < -0.39 is 0 Å². The Kier molecular flexibility index (Phi) is 7.32. The number of hydrogen-bond acceptors (Lipinski definition) is 5. The molecule has 5 nitrogen and oxygen atoms in total. The maximum atomic E-state index is 13.0. The molecule has 168 valence electrons. The quantitative estimate of drug-likeness (QED) is 0.358. The number of hydrogen-bond donors (Lipinski definition) is 0. The largest absolute Gasteiger partial charge is 0.492 e. The number of benzene rings is 3. The fraction of sp³-hybridized carbons (Fsp3) is 0.120. The molecule has 0 bridgehead atoms. The van der Waals surface area contributed by atoms with E-state index in [4.69, 9.17) is 21.1 Å². The summed E-state index contributed by atoms with van der Waals surface area (Å²) >= 11 is 6.74. The van der Waals surface area contributed by atoms with E-state index in [1.54, 1.807) is 60.7 Å². The van der Waals surface area contributed by atoms with Crippen LogP contribution in [0.3, 0.4) is 0 Å². The molecule has 3 aromatic rings. The van der Waals surface area contributed by atoms with Gasteiger partial charge in [0, 0.05) is 5.02 Å². The number of amides is 2. The molecule has 1 saturated heterocycles. The highest BCUT2D eigenvalue weighted by molar-refractivity contribution is 8.18. The molecule has 1 aliphatic rings. The molecule has 0 N–H and O–H groups in total. The zero-order valence-corrected chi connectivity index (χ0v) is 18.9. The van der Waals surface area contributed by atoms with E-state index in [1.807, 2.05) is 6.07 Å². The Bertz CT molecular complexity index is 1180. The summed E-state index contributed by atoms with van der Waals surface area (Å²) in [5.74, 6) is 0.552. The first-order valence-corrected chi connectivity index (χ1v) is 11.3. The van der Waals surface area contributed by atoms with Crippen molar-refractivity contribution in [3.8, 4) is 11.5 Å². The maximum absolute atomic E-state index is 13.0. The lowest BCUT2D eigenvalue weighted by Crippen LogP contribution is -2.32. The van der Waals surface area contributed by atoms with Gasteiger partial charge in [-0.25, -0.2) is 4.39 Å². The van der Waals surface area contributed by atoms with Crippen molar-refractivity contribution in [2.45, 2.75) is 6.61 Å². The highest BCUT2D eigenvalue weighted by atomic mass is 35.5. The van der Waals surface area contributed by atoms with Crippen LogP contribution in [-0.4, -0.2) is 29.2 Å². The fourth-order valence-corrected chi connectivity index (χ4v) is 4.06. The SMILES string of the molecule is O=C1S/C(=C\c2cccc(OCc3ccc(F)cc3)c2)C(=O)N1CCOc1ccc(Cl)cc1. The summed E-state index contributed by atoms with van der Waals surface area (Å²) in [5, 5.41) is 0.262. The van der Waals surface area contributed by atoms with E-state index in [0.717, 1.165) is 22.9 Å². The molecule has 1 fully saturated rings. The summed E-state index contributed by atoms with van der Waals surface area (Å²) in [6.07, 6.45) is 1.66. The lowest BCUT2D eigenvalue weighted by Gasteiger charge is -2.13. The Labute approximate surface area is 199 Å². The minimum absolute atomic E-state index is 0.144. The first kappa shape index (κ1) is 22.9. The lowest BCUT2D eigenvalue weighted by atomic mass is 10.2. The third-order valence-corrected chi connectivity index (χ3v) is 5.90. The molecule has 0 aromatic heterocycles. The fourth-order valence-electron chi connectivity index (χ4n) is 3.07. The molecule has 1 heterocycles. The van der Waals surface area contributed by atoms with Crippen molar-refractivity contribution in [2.75, 3.05) is 13.2 Å². The van der Waals surface area contributed by atoms with Gasteiger partial charge in [0.1, 0.15) is 30.5 Å². The van der Waals surface area contributed by atoms with E-state index in [-0.39, 0.29) is 36.7 Å². The van der Waals surface area contributed by atoms with Gasteiger partial charge in [-0.3, -0.25) is 14.5 Å². The van der Waals surface area contributed by atoms with Crippen molar-refractivity contribution in [1.82, 2.24) is 4.90 Å². The second kappa shape index (κ2) is 10.6. The predicted molar refractivity (Wildman–Crippen MR) is 127 cm³/mol. The average Bonchev–Trinajstić information content (AvgIpc) is 3.07. The Morgan fingerprint density at radius 3 is 2.45 bits per heavy atom. The van der Waals surface area contributed by atoms with Crippen LogP contribution in [0.1, 0.15) is 11.1 Å². The summed E-state index contributed by atoms with van der Waals surface area (Å²) in [7, 11) is 0. The molecule has 0 spiro atoms. The van der Waals surface area contributed by atoms with Crippen LogP contribution in [0.2, 0.25) is 5.02 Å². The molecule has 0 saturated carbocycles. The number of carbonyl (C=O) groups is 2. The van der Waals surface area contributed by atoms with Crippen molar-refractivity contribution in [2.24, 2.45) is 0 Å². The number of ether oxygens (including phenoxy) is 2. The number of thioether (sulfide) groups is 1. The van der Waals surface area contributed by atoms with Gasteiger partial charge in [-0.2, -0.15) is 0 Å². The first-order valence-electron chi connectivity index (χ1n) is 10.1. The van der Waals surface area contributed by atoms with Gasteiger partial charge in [-0.05, 0) is 77.5 Å². The van der Waals surface area contributed by atoms with Gasteiger partial charge in [0.05, 0.1) is 11.4 Å². The van der Waals surface area contributed by atoms with Crippen LogP contribution >= 0.6 is 23.4 Å². The van der Waals surface area contributed by atoms with Crippen LogP contribution in [0.4, 0.5) is 9.18 Å². The minimum atomic E-state index is -0.359. The summed E-state index contributed by atoms with van der Waals surface area (Å²) in [4.78, 5) is 26.5. The van der Waals surface area contributed by atoms with E-state index in [0.29, 0.717) is 21.4 Å². The Morgan fingerprint density at radius 1 is 0.939 bits per heavy atom. The van der Waals surface area contributed by atoms with Crippen LogP contribution in [0, 0.1) is 5.82 Å².